The number of benzene rings is 3. The number of hydrogen-bond donors (Lipinski definition) is 0. The molecule has 1 atom stereocenters. The van der Waals surface area contributed by atoms with E-state index in [0.29, 0.717) is 4.53 Å². The summed E-state index contributed by atoms with van der Waals surface area (Å²) in [5.74, 6) is 0.786. The lowest BCUT2D eigenvalue weighted by Crippen LogP contribution is -2.38. The van der Waals surface area contributed by atoms with Crippen molar-refractivity contribution in [1.82, 2.24) is 4.57 Å². The number of thiazole rings is 1. The number of methoxy groups -OCH3 is 1. The zero-order chi connectivity index (χ0) is 23.2. The van der Waals surface area contributed by atoms with Crippen molar-refractivity contribution in [2.24, 2.45) is 4.99 Å². The third-order valence-electron chi connectivity index (χ3n) is 6.45. The van der Waals surface area contributed by atoms with Gasteiger partial charge in [0.05, 0.1) is 23.4 Å². The van der Waals surface area contributed by atoms with Crippen molar-refractivity contribution >= 4 is 45.7 Å². The van der Waals surface area contributed by atoms with Crippen molar-refractivity contribution in [3.8, 4) is 5.75 Å². The first-order valence-electron chi connectivity index (χ1n) is 11.1. The molecular formula is C28H21IN2O2S. The summed E-state index contributed by atoms with van der Waals surface area (Å²) in [6.45, 7) is 0. The molecule has 6 heteroatoms. The first kappa shape index (κ1) is 21.6. The fraction of sp³-hybridized carbons (Fsp3) is 0.143. The van der Waals surface area contributed by atoms with Crippen LogP contribution >= 0.6 is 33.9 Å². The van der Waals surface area contributed by atoms with Crippen LogP contribution in [0.5, 0.6) is 5.75 Å². The lowest BCUT2D eigenvalue weighted by molar-refractivity contribution is 0.413. The number of fused-ring (bicyclic) bond motifs is 3. The lowest BCUT2D eigenvalue weighted by atomic mass is 9.83. The van der Waals surface area contributed by atoms with Crippen molar-refractivity contribution in [3.63, 3.8) is 0 Å². The van der Waals surface area contributed by atoms with Gasteiger partial charge in [0.1, 0.15) is 5.75 Å². The van der Waals surface area contributed by atoms with Gasteiger partial charge < -0.3 is 4.74 Å². The highest BCUT2D eigenvalue weighted by Gasteiger charge is 2.32. The van der Waals surface area contributed by atoms with Crippen LogP contribution in [-0.4, -0.2) is 11.7 Å². The van der Waals surface area contributed by atoms with Gasteiger partial charge in [-0.25, -0.2) is 4.99 Å². The van der Waals surface area contributed by atoms with Crippen LogP contribution in [0, 0.1) is 3.57 Å². The molecule has 0 unspecified atom stereocenters. The van der Waals surface area contributed by atoms with Crippen LogP contribution in [0.25, 0.3) is 11.8 Å². The maximum absolute atomic E-state index is 13.8. The summed E-state index contributed by atoms with van der Waals surface area (Å²) in [4.78, 5) is 19.6. The average Bonchev–Trinajstić information content (AvgIpc) is 3.18. The highest BCUT2D eigenvalue weighted by atomic mass is 127. The van der Waals surface area contributed by atoms with Gasteiger partial charge in [-0.3, -0.25) is 9.36 Å². The number of nitrogens with zero attached hydrogens (tertiary/aromatic N) is 2. The second kappa shape index (κ2) is 8.67. The maximum atomic E-state index is 13.8. The van der Waals surface area contributed by atoms with E-state index in [0.717, 1.165) is 40.2 Å². The van der Waals surface area contributed by atoms with Gasteiger partial charge in [-0.1, -0.05) is 59.9 Å². The molecule has 1 aliphatic heterocycles. The summed E-state index contributed by atoms with van der Waals surface area (Å²) < 4.78 is 9.26. The van der Waals surface area contributed by atoms with Crippen LogP contribution in [0.3, 0.4) is 0 Å². The fourth-order valence-electron chi connectivity index (χ4n) is 4.84. The standard InChI is InChI=1S/C28H21IN2O2S/c1-33-21-7-4-6-19(16-21)26-23-14-11-18-5-2-3-8-22(18)25(23)30-28-31(26)27(32)24(34-28)15-17-9-12-20(29)13-10-17/h2-10,12-13,15-16,26H,11,14H2,1H3/b24-15+/t26-/m0/s1. The lowest BCUT2D eigenvalue weighted by Gasteiger charge is -2.31. The highest BCUT2D eigenvalue weighted by Crippen LogP contribution is 2.41. The van der Waals surface area contributed by atoms with Crippen LogP contribution in [0.15, 0.2) is 88.2 Å². The molecule has 0 bridgehead atoms. The van der Waals surface area contributed by atoms with E-state index < -0.39 is 0 Å². The van der Waals surface area contributed by atoms with Crippen molar-refractivity contribution in [1.29, 1.82) is 0 Å². The zero-order valence-electron chi connectivity index (χ0n) is 18.5. The molecule has 6 rings (SSSR count). The van der Waals surface area contributed by atoms with Gasteiger partial charge in [0.2, 0.25) is 0 Å². The summed E-state index contributed by atoms with van der Waals surface area (Å²) in [5, 5.41) is 0. The van der Waals surface area contributed by atoms with Gasteiger partial charge in [0.25, 0.3) is 5.56 Å². The third kappa shape index (κ3) is 3.65. The van der Waals surface area contributed by atoms with Crippen LogP contribution in [0.4, 0.5) is 0 Å². The van der Waals surface area contributed by atoms with E-state index in [9.17, 15) is 4.79 Å². The quantitative estimate of drug-likeness (QED) is 0.325. The average molecular weight is 576 g/mol. The largest absolute Gasteiger partial charge is 0.497 e. The molecule has 2 heterocycles. The van der Waals surface area contributed by atoms with Crippen LogP contribution in [0.2, 0.25) is 0 Å². The minimum atomic E-state index is -0.200. The van der Waals surface area contributed by atoms with Gasteiger partial charge in [-0.15, -0.1) is 0 Å². The van der Waals surface area contributed by atoms with Gasteiger partial charge >= 0.3 is 0 Å². The molecule has 0 saturated heterocycles. The maximum Gasteiger partial charge on any atom is 0.271 e. The predicted molar refractivity (Wildman–Crippen MR) is 145 cm³/mol. The predicted octanol–water partition coefficient (Wildman–Crippen LogP) is 4.93. The molecular weight excluding hydrogens is 555 g/mol. The van der Waals surface area contributed by atoms with Crippen molar-refractivity contribution < 1.29 is 4.74 Å². The molecule has 0 fully saturated rings. The summed E-state index contributed by atoms with van der Waals surface area (Å²) in [5.41, 5.74) is 6.75. The number of aryl methyl sites for hydroxylation is 1. The van der Waals surface area contributed by atoms with E-state index >= 15 is 0 Å². The summed E-state index contributed by atoms with van der Waals surface area (Å²) in [6.07, 6.45) is 3.79. The molecule has 34 heavy (non-hydrogen) atoms. The smallest absolute Gasteiger partial charge is 0.271 e. The van der Waals surface area contributed by atoms with Crippen LogP contribution < -0.4 is 19.6 Å². The van der Waals surface area contributed by atoms with Crippen LogP contribution in [-0.2, 0) is 6.42 Å². The number of allylic oxidation sites excluding steroid dienone is 1. The number of aromatic nitrogens is 1. The number of rotatable bonds is 3. The Balaban J connectivity index is 1.62. The Labute approximate surface area is 214 Å². The molecule has 0 amide bonds. The first-order valence-corrected chi connectivity index (χ1v) is 13.0. The minimum absolute atomic E-state index is 0.000489. The molecule has 4 nitrogen and oxygen atoms in total. The van der Waals surface area contributed by atoms with E-state index in [-0.39, 0.29) is 11.6 Å². The summed E-state index contributed by atoms with van der Waals surface area (Å²) in [6, 6.07) is 24.5. The Morgan fingerprint density at radius 2 is 1.88 bits per heavy atom. The van der Waals surface area contributed by atoms with Gasteiger partial charge in [0.15, 0.2) is 4.80 Å². The first-order chi connectivity index (χ1) is 16.6. The Morgan fingerprint density at radius 1 is 1.06 bits per heavy atom. The van der Waals surface area contributed by atoms with Crippen LogP contribution in [0.1, 0.15) is 34.7 Å². The van der Waals surface area contributed by atoms with Gasteiger partial charge in [0, 0.05) is 9.13 Å². The molecule has 1 aliphatic carbocycles. The summed E-state index contributed by atoms with van der Waals surface area (Å²) >= 11 is 3.75. The molecule has 0 radical (unpaired) electrons. The van der Waals surface area contributed by atoms with Gasteiger partial charge in [-0.2, -0.15) is 0 Å². The Bertz CT molecular complexity index is 1630. The SMILES string of the molecule is COc1cccc([C@H]2C3=C(N=c4s/c(=C/c5ccc(I)cc5)c(=O)n42)c2ccccc2CC3)c1. The topological polar surface area (TPSA) is 43.6 Å². The third-order valence-corrected chi connectivity index (χ3v) is 8.15. The molecule has 2 aliphatic rings. The highest BCUT2D eigenvalue weighted by molar-refractivity contribution is 14.1. The van der Waals surface area contributed by atoms with E-state index in [4.69, 9.17) is 9.73 Å². The molecule has 0 saturated carbocycles. The number of ether oxygens (including phenoxy) is 1. The molecule has 168 valence electrons. The Kier molecular flexibility index (Phi) is 5.50. The normalized spacial score (nSPS) is 17.0. The molecule has 3 aromatic carbocycles. The van der Waals surface area contributed by atoms with E-state index in [1.165, 1.54) is 31.6 Å². The molecule has 0 spiro atoms. The Morgan fingerprint density at radius 3 is 2.71 bits per heavy atom. The summed E-state index contributed by atoms with van der Waals surface area (Å²) in [7, 11) is 1.67. The molecule has 4 aromatic rings. The second-order valence-corrected chi connectivity index (χ2v) is 10.7. The van der Waals surface area contributed by atoms with Crippen molar-refractivity contribution in [2.45, 2.75) is 18.9 Å². The number of hydrogen-bond acceptors (Lipinski definition) is 4. The molecule has 0 N–H and O–H groups in total. The van der Waals surface area contributed by atoms with E-state index in [2.05, 4.69) is 65.1 Å². The fourth-order valence-corrected chi connectivity index (χ4v) is 6.20. The number of halogens is 1. The van der Waals surface area contributed by atoms with Crippen molar-refractivity contribution in [3.05, 3.63) is 124 Å². The minimum Gasteiger partial charge on any atom is -0.497 e. The zero-order valence-corrected chi connectivity index (χ0v) is 21.5. The van der Waals surface area contributed by atoms with E-state index in [1.54, 1.807) is 7.11 Å². The van der Waals surface area contributed by atoms with Crippen molar-refractivity contribution in [2.75, 3.05) is 7.11 Å². The second-order valence-electron chi connectivity index (χ2n) is 8.44. The monoisotopic (exact) mass is 576 g/mol. The Hall–Kier alpha value is -2.97. The van der Waals surface area contributed by atoms with Gasteiger partial charge in [-0.05, 0) is 88.0 Å². The molecule has 1 aromatic heterocycles. The van der Waals surface area contributed by atoms with E-state index in [1.807, 2.05) is 41.0 Å².